The Hall–Kier alpha value is -2.74. The van der Waals surface area contributed by atoms with E-state index in [2.05, 4.69) is 0 Å². The van der Waals surface area contributed by atoms with E-state index in [0.717, 1.165) is 22.3 Å². The molecule has 1 aliphatic rings. The number of hydrogen-bond donors (Lipinski definition) is 0. The molecule has 0 spiro atoms. The Morgan fingerprint density at radius 3 is 2.18 bits per heavy atom. The van der Waals surface area contributed by atoms with Crippen LogP contribution in [0.2, 0.25) is 0 Å². The molecule has 1 nitrogen and oxygen atoms in total. The molecule has 0 radical (unpaired) electrons. The van der Waals surface area contributed by atoms with Gasteiger partial charge in [-0.25, -0.2) is 4.39 Å². The molecule has 22 heavy (non-hydrogen) atoms. The Morgan fingerprint density at radius 1 is 0.955 bits per heavy atom. The predicted molar refractivity (Wildman–Crippen MR) is 87.7 cm³/mol. The number of carbonyl (C=O) groups excluding carboxylic acids is 1. The fourth-order valence-corrected chi connectivity index (χ4v) is 2.34. The van der Waals surface area contributed by atoms with Crippen LogP contribution in [0.5, 0.6) is 0 Å². The zero-order valence-electron chi connectivity index (χ0n) is 12.0. The van der Waals surface area contributed by atoms with Gasteiger partial charge in [0.25, 0.3) is 0 Å². The number of halogens is 1. The van der Waals surface area contributed by atoms with Gasteiger partial charge in [0.15, 0.2) is 5.78 Å². The molecule has 0 aromatic heterocycles. The van der Waals surface area contributed by atoms with Crippen molar-refractivity contribution in [2.75, 3.05) is 0 Å². The molecule has 0 atom stereocenters. The third kappa shape index (κ3) is 3.29. The molecule has 0 amide bonds. The highest BCUT2D eigenvalue weighted by Gasteiger charge is 2.06. The molecule has 0 fully saturated rings. The molecule has 0 heterocycles. The number of hydrogen-bond acceptors (Lipinski definition) is 1. The largest absolute Gasteiger partial charge is 0.290 e. The van der Waals surface area contributed by atoms with Crippen molar-refractivity contribution in [1.29, 1.82) is 0 Å². The molecule has 2 heteroatoms. The highest BCUT2D eigenvalue weighted by molar-refractivity contribution is 6.07. The highest BCUT2D eigenvalue weighted by Crippen LogP contribution is 2.20. The summed E-state index contributed by atoms with van der Waals surface area (Å²) in [5, 5.41) is 0. The Kier molecular flexibility index (Phi) is 4.10. The van der Waals surface area contributed by atoms with Crippen molar-refractivity contribution in [2.24, 2.45) is 0 Å². The lowest BCUT2D eigenvalue weighted by Crippen LogP contribution is -1.94. The van der Waals surface area contributed by atoms with Crippen LogP contribution >= 0.6 is 0 Å². The first-order valence-corrected chi connectivity index (χ1v) is 7.16. The third-order valence-corrected chi connectivity index (χ3v) is 3.60. The molecule has 1 aliphatic carbocycles. The van der Waals surface area contributed by atoms with E-state index in [4.69, 9.17) is 0 Å². The summed E-state index contributed by atoms with van der Waals surface area (Å²) in [6.45, 7) is 0. The minimum Gasteiger partial charge on any atom is -0.290 e. The summed E-state index contributed by atoms with van der Waals surface area (Å²) in [6.07, 6.45) is 9.86. The SMILES string of the molecule is O=C(/C=C/c1ccc(-c2ccc(F)cc2)cc1)C1=CC=CC1. The Balaban J connectivity index is 1.71. The van der Waals surface area contributed by atoms with Gasteiger partial charge in [0, 0.05) is 5.57 Å². The summed E-state index contributed by atoms with van der Waals surface area (Å²) < 4.78 is 12.9. The van der Waals surface area contributed by atoms with Crippen molar-refractivity contribution in [3.8, 4) is 11.1 Å². The number of carbonyl (C=O) groups is 1. The summed E-state index contributed by atoms with van der Waals surface area (Å²) in [6, 6.07) is 14.2. The minimum atomic E-state index is -0.238. The zero-order valence-corrected chi connectivity index (χ0v) is 12.0. The normalized spacial score (nSPS) is 13.6. The average molecular weight is 290 g/mol. The van der Waals surface area contributed by atoms with Crippen LogP contribution in [-0.2, 0) is 4.79 Å². The standard InChI is InChI=1S/C20H15FO/c21-19-12-10-17(11-13-19)16-8-5-15(6-9-16)7-14-20(22)18-3-1-2-4-18/h1-3,5-14H,4H2/b14-7+. The predicted octanol–water partition coefficient (Wildman–Crippen LogP) is 4.96. The first-order valence-electron chi connectivity index (χ1n) is 7.16. The second-order valence-corrected chi connectivity index (χ2v) is 5.15. The number of benzene rings is 2. The molecule has 108 valence electrons. The van der Waals surface area contributed by atoms with E-state index in [-0.39, 0.29) is 11.6 Å². The Labute approximate surface area is 129 Å². The molecule has 0 saturated carbocycles. The summed E-state index contributed by atoms with van der Waals surface area (Å²) >= 11 is 0. The first-order chi connectivity index (χ1) is 10.7. The van der Waals surface area contributed by atoms with Gasteiger partial charge in [0.2, 0.25) is 0 Å². The van der Waals surface area contributed by atoms with Crippen molar-refractivity contribution >= 4 is 11.9 Å². The molecule has 0 aliphatic heterocycles. The van der Waals surface area contributed by atoms with Gasteiger partial charge in [-0.05, 0) is 41.3 Å². The lowest BCUT2D eigenvalue weighted by molar-refractivity contribution is -0.111. The molecule has 0 N–H and O–H groups in total. The molecular formula is C20H15FO. The number of rotatable bonds is 4. The van der Waals surface area contributed by atoms with Crippen molar-refractivity contribution in [2.45, 2.75) is 6.42 Å². The molecule has 0 saturated heterocycles. The van der Waals surface area contributed by atoms with Gasteiger partial charge in [-0.1, -0.05) is 60.7 Å². The van der Waals surface area contributed by atoms with Gasteiger partial charge in [-0.3, -0.25) is 4.79 Å². The lowest BCUT2D eigenvalue weighted by Gasteiger charge is -2.02. The van der Waals surface area contributed by atoms with E-state index in [1.165, 1.54) is 12.1 Å². The first kappa shape index (κ1) is 14.2. The monoisotopic (exact) mass is 290 g/mol. The number of allylic oxidation sites excluding steroid dienone is 5. The van der Waals surface area contributed by atoms with E-state index < -0.39 is 0 Å². The molecule has 0 unspecified atom stereocenters. The minimum absolute atomic E-state index is 0.0487. The van der Waals surface area contributed by atoms with E-state index in [0.29, 0.717) is 6.42 Å². The van der Waals surface area contributed by atoms with Crippen LogP contribution in [0.15, 0.2) is 78.4 Å². The maximum absolute atomic E-state index is 12.9. The van der Waals surface area contributed by atoms with Crippen LogP contribution in [-0.4, -0.2) is 5.78 Å². The van der Waals surface area contributed by atoms with Crippen molar-refractivity contribution < 1.29 is 9.18 Å². The van der Waals surface area contributed by atoms with E-state index >= 15 is 0 Å². The second-order valence-electron chi connectivity index (χ2n) is 5.15. The van der Waals surface area contributed by atoms with E-state index in [1.54, 1.807) is 18.2 Å². The van der Waals surface area contributed by atoms with Gasteiger partial charge in [0.05, 0.1) is 0 Å². The quantitative estimate of drug-likeness (QED) is 0.727. The van der Waals surface area contributed by atoms with Crippen molar-refractivity contribution in [3.05, 3.63) is 89.8 Å². The van der Waals surface area contributed by atoms with Gasteiger partial charge in [-0.2, -0.15) is 0 Å². The van der Waals surface area contributed by atoms with Crippen molar-refractivity contribution in [1.82, 2.24) is 0 Å². The summed E-state index contributed by atoms with van der Waals surface area (Å²) in [5.41, 5.74) is 3.77. The molecule has 3 rings (SSSR count). The number of ketones is 1. The topological polar surface area (TPSA) is 17.1 Å². The Bertz CT molecular complexity index is 762. The Morgan fingerprint density at radius 2 is 1.59 bits per heavy atom. The molecule has 2 aromatic carbocycles. The fraction of sp³-hybridized carbons (Fsp3) is 0.0500. The molecular weight excluding hydrogens is 275 g/mol. The second kappa shape index (κ2) is 6.35. The van der Waals surface area contributed by atoms with Gasteiger partial charge < -0.3 is 0 Å². The van der Waals surface area contributed by atoms with Crippen molar-refractivity contribution in [3.63, 3.8) is 0 Å². The molecule has 0 bridgehead atoms. The van der Waals surface area contributed by atoms with Crippen LogP contribution in [0.3, 0.4) is 0 Å². The zero-order chi connectivity index (χ0) is 15.4. The smallest absolute Gasteiger partial charge is 0.182 e. The summed E-state index contributed by atoms with van der Waals surface area (Å²) in [7, 11) is 0. The van der Waals surface area contributed by atoms with Gasteiger partial charge in [-0.15, -0.1) is 0 Å². The average Bonchev–Trinajstić information content (AvgIpc) is 3.08. The van der Waals surface area contributed by atoms with Gasteiger partial charge >= 0.3 is 0 Å². The van der Waals surface area contributed by atoms with Crippen LogP contribution in [0.25, 0.3) is 17.2 Å². The van der Waals surface area contributed by atoms with Crippen LogP contribution in [0, 0.1) is 5.82 Å². The van der Waals surface area contributed by atoms with Crippen LogP contribution in [0.1, 0.15) is 12.0 Å². The van der Waals surface area contributed by atoms with E-state index in [9.17, 15) is 9.18 Å². The lowest BCUT2D eigenvalue weighted by atomic mass is 10.0. The maximum atomic E-state index is 12.9. The third-order valence-electron chi connectivity index (χ3n) is 3.60. The van der Waals surface area contributed by atoms with Gasteiger partial charge in [0.1, 0.15) is 5.82 Å². The fourth-order valence-electron chi connectivity index (χ4n) is 2.34. The van der Waals surface area contributed by atoms with E-state index in [1.807, 2.05) is 48.6 Å². The summed E-state index contributed by atoms with van der Waals surface area (Å²) in [4.78, 5) is 11.9. The molecule has 2 aromatic rings. The maximum Gasteiger partial charge on any atom is 0.182 e. The van der Waals surface area contributed by atoms with Crippen LogP contribution < -0.4 is 0 Å². The summed E-state index contributed by atoms with van der Waals surface area (Å²) in [5.74, 6) is -0.190. The highest BCUT2D eigenvalue weighted by atomic mass is 19.1. The van der Waals surface area contributed by atoms with Crippen LogP contribution in [0.4, 0.5) is 4.39 Å².